The lowest BCUT2D eigenvalue weighted by molar-refractivity contribution is 0.511. The molecule has 1 fully saturated rings. The number of hydrogen-bond donors (Lipinski definition) is 0. The highest BCUT2D eigenvalue weighted by Crippen LogP contribution is 2.38. The maximum absolute atomic E-state index is 5.96. The number of rotatable bonds is 4. The number of fused-ring (bicyclic) bond motifs is 1. The Morgan fingerprint density at radius 3 is 3.00 bits per heavy atom. The summed E-state index contributed by atoms with van der Waals surface area (Å²) in [5.74, 6) is 1.71. The molecule has 0 aromatic carbocycles. The van der Waals surface area contributed by atoms with Crippen LogP contribution in [0.5, 0.6) is 0 Å². The predicted molar refractivity (Wildman–Crippen MR) is 86.9 cm³/mol. The van der Waals surface area contributed by atoms with E-state index in [1.54, 1.807) is 0 Å². The fourth-order valence-corrected chi connectivity index (χ4v) is 4.12. The summed E-state index contributed by atoms with van der Waals surface area (Å²) in [5.41, 5.74) is 3.28. The highest BCUT2D eigenvalue weighted by atomic mass is 35.5. The number of thioether (sulfide) groups is 1. The summed E-state index contributed by atoms with van der Waals surface area (Å²) in [6, 6.07) is 2.56. The van der Waals surface area contributed by atoms with Crippen LogP contribution in [0.15, 0.2) is 12.3 Å². The predicted octanol–water partition coefficient (Wildman–Crippen LogP) is 3.98. The number of imidazole rings is 1. The molecule has 2 heterocycles. The Labute approximate surface area is 129 Å². The summed E-state index contributed by atoms with van der Waals surface area (Å²) < 4.78 is 2.36. The average molecular weight is 310 g/mol. The van der Waals surface area contributed by atoms with Gasteiger partial charge >= 0.3 is 0 Å². The first kappa shape index (κ1) is 14.2. The third-order valence-electron chi connectivity index (χ3n) is 4.23. The first-order chi connectivity index (χ1) is 9.74. The second kappa shape index (κ2) is 5.94. The number of halogens is 1. The number of aromatic nitrogens is 3. The molecule has 0 bridgehead atoms. The molecular weight excluding hydrogens is 290 g/mol. The minimum Gasteiger partial charge on any atom is -0.310 e. The van der Waals surface area contributed by atoms with E-state index >= 15 is 0 Å². The summed E-state index contributed by atoms with van der Waals surface area (Å²) in [4.78, 5) is 9.40. The molecule has 108 valence electrons. The molecule has 0 radical (unpaired) electrons. The van der Waals surface area contributed by atoms with Gasteiger partial charge in [-0.3, -0.25) is 0 Å². The van der Waals surface area contributed by atoms with E-state index in [1.807, 2.05) is 24.0 Å². The van der Waals surface area contributed by atoms with E-state index in [4.69, 9.17) is 16.6 Å². The maximum Gasteiger partial charge on any atom is 0.160 e. The Bertz CT molecular complexity index is 610. The zero-order valence-corrected chi connectivity index (χ0v) is 13.5. The van der Waals surface area contributed by atoms with Crippen molar-refractivity contribution in [3.63, 3.8) is 0 Å². The standard InChI is InChI=1S/C15H20ClN3S/c1-10-6-8-17-15-14(10)18-13(5-7-16)19(15)11-3-4-12(9-11)20-2/h6,8,11-12H,3-5,7,9H2,1-2H3. The molecule has 2 unspecified atom stereocenters. The van der Waals surface area contributed by atoms with Gasteiger partial charge in [0.05, 0.1) is 0 Å². The number of aryl methyl sites for hydroxylation is 2. The molecule has 0 saturated heterocycles. The molecule has 2 aromatic rings. The molecule has 1 aliphatic rings. The van der Waals surface area contributed by atoms with E-state index in [9.17, 15) is 0 Å². The molecule has 0 spiro atoms. The smallest absolute Gasteiger partial charge is 0.160 e. The van der Waals surface area contributed by atoms with Crippen LogP contribution in [-0.4, -0.2) is 31.9 Å². The van der Waals surface area contributed by atoms with E-state index in [-0.39, 0.29) is 0 Å². The third kappa shape index (κ3) is 2.44. The van der Waals surface area contributed by atoms with Crippen LogP contribution < -0.4 is 0 Å². The van der Waals surface area contributed by atoms with Gasteiger partial charge in [0, 0.05) is 29.8 Å². The van der Waals surface area contributed by atoms with Gasteiger partial charge in [-0.05, 0) is 44.1 Å². The fraction of sp³-hybridized carbons (Fsp3) is 0.600. The van der Waals surface area contributed by atoms with E-state index in [2.05, 4.69) is 22.7 Å². The number of hydrogen-bond acceptors (Lipinski definition) is 3. The monoisotopic (exact) mass is 309 g/mol. The molecule has 1 aliphatic carbocycles. The van der Waals surface area contributed by atoms with Crippen LogP contribution in [0, 0.1) is 6.92 Å². The Morgan fingerprint density at radius 2 is 2.30 bits per heavy atom. The van der Waals surface area contributed by atoms with Crippen molar-refractivity contribution in [3.05, 3.63) is 23.7 Å². The second-order valence-electron chi connectivity index (χ2n) is 5.46. The van der Waals surface area contributed by atoms with Crippen molar-refractivity contribution in [1.29, 1.82) is 0 Å². The molecule has 2 aromatic heterocycles. The van der Waals surface area contributed by atoms with Gasteiger partial charge in [0.15, 0.2) is 5.65 Å². The molecule has 2 atom stereocenters. The van der Waals surface area contributed by atoms with Crippen LogP contribution >= 0.6 is 23.4 Å². The minimum atomic E-state index is 0.532. The van der Waals surface area contributed by atoms with E-state index < -0.39 is 0 Å². The quantitative estimate of drug-likeness (QED) is 0.800. The highest BCUT2D eigenvalue weighted by Gasteiger charge is 2.28. The van der Waals surface area contributed by atoms with Gasteiger partial charge in [0.1, 0.15) is 11.3 Å². The van der Waals surface area contributed by atoms with Crippen molar-refractivity contribution in [2.45, 2.75) is 43.9 Å². The van der Waals surface area contributed by atoms with Crippen LogP contribution in [0.25, 0.3) is 11.2 Å². The lowest BCUT2D eigenvalue weighted by Gasteiger charge is -2.16. The van der Waals surface area contributed by atoms with Gasteiger partial charge < -0.3 is 4.57 Å². The minimum absolute atomic E-state index is 0.532. The largest absolute Gasteiger partial charge is 0.310 e. The van der Waals surface area contributed by atoms with Gasteiger partial charge in [-0.2, -0.15) is 11.8 Å². The van der Waals surface area contributed by atoms with E-state index in [1.165, 1.54) is 24.8 Å². The van der Waals surface area contributed by atoms with Crippen molar-refractivity contribution in [3.8, 4) is 0 Å². The average Bonchev–Trinajstić information content (AvgIpc) is 3.03. The van der Waals surface area contributed by atoms with Crippen LogP contribution in [0.4, 0.5) is 0 Å². The molecule has 20 heavy (non-hydrogen) atoms. The Morgan fingerprint density at radius 1 is 1.45 bits per heavy atom. The van der Waals surface area contributed by atoms with Gasteiger partial charge in [-0.15, -0.1) is 11.6 Å². The number of pyridine rings is 1. The van der Waals surface area contributed by atoms with Crippen LogP contribution in [-0.2, 0) is 6.42 Å². The molecule has 3 nitrogen and oxygen atoms in total. The normalized spacial score (nSPS) is 22.8. The maximum atomic E-state index is 5.96. The summed E-state index contributed by atoms with van der Waals surface area (Å²) >= 11 is 7.94. The molecule has 3 rings (SSSR count). The number of alkyl halides is 1. The Balaban J connectivity index is 2.07. The zero-order valence-electron chi connectivity index (χ0n) is 12.0. The molecule has 0 N–H and O–H groups in total. The summed E-state index contributed by atoms with van der Waals surface area (Å²) in [7, 11) is 0. The topological polar surface area (TPSA) is 30.7 Å². The molecule has 5 heteroatoms. The zero-order chi connectivity index (χ0) is 14.1. The summed E-state index contributed by atoms with van der Waals surface area (Å²) in [6.45, 7) is 2.10. The lowest BCUT2D eigenvalue weighted by atomic mass is 10.2. The van der Waals surface area contributed by atoms with E-state index in [0.717, 1.165) is 28.7 Å². The van der Waals surface area contributed by atoms with Crippen LogP contribution in [0.3, 0.4) is 0 Å². The molecule has 0 aliphatic heterocycles. The van der Waals surface area contributed by atoms with Gasteiger partial charge in [0.25, 0.3) is 0 Å². The SMILES string of the molecule is CSC1CCC(n2c(CCCl)nc3c(C)ccnc32)C1. The summed E-state index contributed by atoms with van der Waals surface area (Å²) in [6.07, 6.45) is 8.65. The number of nitrogens with zero attached hydrogens (tertiary/aromatic N) is 3. The molecular formula is C15H20ClN3S. The van der Waals surface area contributed by atoms with Crippen molar-refractivity contribution in [1.82, 2.24) is 14.5 Å². The first-order valence-corrected chi connectivity index (χ1v) is 8.98. The highest BCUT2D eigenvalue weighted by molar-refractivity contribution is 7.99. The second-order valence-corrected chi connectivity index (χ2v) is 6.98. The third-order valence-corrected chi connectivity index (χ3v) is 5.51. The lowest BCUT2D eigenvalue weighted by Crippen LogP contribution is -2.11. The first-order valence-electron chi connectivity index (χ1n) is 7.15. The van der Waals surface area contributed by atoms with E-state index in [0.29, 0.717) is 11.9 Å². The van der Waals surface area contributed by atoms with Crippen LogP contribution in [0.2, 0.25) is 0 Å². The molecule has 0 amide bonds. The van der Waals surface area contributed by atoms with Gasteiger partial charge in [-0.1, -0.05) is 0 Å². The molecule has 1 saturated carbocycles. The van der Waals surface area contributed by atoms with Crippen molar-refractivity contribution >= 4 is 34.5 Å². The van der Waals surface area contributed by atoms with Crippen molar-refractivity contribution in [2.24, 2.45) is 0 Å². The van der Waals surface area contributed by atoms with Crippen molar-refractivity contribution < 1.29 is 0 Å². The fourth-order valence-electron chi connectivity index (χ4n) is 3.17. The Hall–Kier alpha value is -0.740. The van der Waals surface area contributed by atoms with Gasteiger partial charge in [-0.25, -0.2) is 9.97 Å². The Kier molecular flexibility index (Phi) is 4.22. The van der Waals surface area contributed by atoms with Crippen molar-refractivity contribution in [2.75, 3.05) is 12.1 Å². The van der Waals surface area contributed by atoms with Gasteiger partial charge in [0.2, 0.25) is 0 Å². The van der Waals surface area contributed by atoms with Crippen LogP contribution in [0.1, 0.15) is 36.7 Å². The summed E-state index contributed by atoms with van der Waals surface area (Å²) in [5, 5.41) is 0.770.